The quantitative estimate of drug-likeness (QED) is 0.852. The summed E-state index contributed by atoms with van der Waals surface area (Å²) in [5, 5.41) is 0. The molecule has 1 aliphatic heterocycles. The van der Waals surface area contributed by atoms with E-state index < -0.39 is 0 Å². The third-order valence-corrected chi connectivity index (χ3v) is 5.74. The number of likely N-dealkylation sites (tertiary alicyclic amines) is 1. The van der Waals surface area contributed by atoms with Gasteiger partial charge in [-0.1, -0.05) is 30.3 Å². The van der Waals surface area contributed by atoms with Crippen LogP contribution in [0, 0.1) is 6.92 Å². The van der Waals surface area contributed by atoms with E-state index in [9.17, 15) is 0 Å². The van der Waals surface area contributed by atoms with Gasteiger partial charge < -0.3 is 4.57 Å². The Hall–Kier alpha value is -1.61. The van der Waals surface area contributed by atoms with Crippen LogP contribution in [0.3, 0.4) is 0 Å². The first-order valence-electron chi connectivity index (χ1n) is 9.09. The van der Waals surface area contributed by atoms with Crippen molar-refractivity contribution in [1.29, 1.82) is 0 Å². The van der Waals surface area contributed by atoms with Crippen molar-refractivity contribution in [2.45, 2.75) is 58.0 Å². The fraction of sp³-hybridized carbons (Fsp3) is 0.550. The standard InChI is InChI=1S/C20H27N3/c1-15(17-8-4-3-5-9-17)22-13-12-18(14-22)23-16(2)21-19-10-6-7-11-20(19)23/h3-5,8-9,15,18H,6-7,10-14H2,1-2H3/t15-,18-/m0/s1. The van der Waals surface area contributed by atoms with Crippen molar-refractivity contribution in [3.05, 3.63) is 53.1 Å². The van der Waals surface area contributed by atoms with Crippen molar-refractivity contribution in [3.8, 4) is 0 Å². The molecule has 0 unspecified atom stereocenters. The Balaban J connectivity index is 1.54. The second-order valence-corrected chi connectivity index (χ2v) is 7.15. The molecule has 0 spiro atoms. The highest BCUT2D eigenvalue weighted by Crippen LogP contribution is 2.33. The lowest BCUT2D eigenvalue weighted by Crippen LogP contribution is -2.26. The lowest BCUT2D eigenvalue weighted by molar-refractivity contribution is 0.251. The molecule has 3 heteroatoms. The Kier molecular flexibility index (Phi) is 3.98. The van der Waals surface area contributed by atoms with E-state index in [1.807, 2.05) is 0 Å². The molecule has 0 bridgehead atoms. The SMILES string of the molecule is Cc1nc2c(n1[C@H]1CCN([C@@H](C)c3ccccc3)C1)CCCC2. The minimum absolute atomic E-state index is 0.501. The van der Waals surface area contributed by atoms with Crippen LogP contribution >= 0.6 is 0 Å². The van der Waals surface area contributed by atoms with Gasteiger partial charge in [0, 0.05) is 30.9 Å². The Morgan fingerprint density at radius 2 is 1.91 bits per heavy atom. The van der Waals surface area contributed by atoms with Gasteiger partial charge in [-0.25, -0.2) is 4.98 Å². The van der Waals surface area contributed by atoms with E-state index >= 15 is 0 Å². The summed E-state index contributed by atoms with van der Waals surface area (Å²) in [5.74, 6) is 1.23. The van der Waals surface area contributed by atoms with Gasteiger partial charge in [0.15, 0.2) is 0 Å². The molecule has 2 heterocycles. The number of nitrogens with zero attached hydrogens (tertiary/aromatic N) is 3. The summed E-state index contributed by atoms with van der Waals surface area (Å²) < 4.78 is 2.58. The molecule has 1 aromatic carbocycles. The fourth-order valence-electron chi connectivity index (χ4n) is 4.46. The van der Waals surface area contributed by atoms with Crippen molar-refractivity contribution < 1.29 is 0 Å². The van der Waals surface area contributed by atoms with Crippen LogP contribution in [0.25, 0.3) is 0 Å². The average Bonchev–Trinajstić information content (AvgIpc) is 3.18. The highest BCUT2D eigenvalue weighted by Gasteiger charge is 2.31. The first kappa shape index (κ1) is 14.9. The topological polar surface area (TPSA) is 21.1 Å². The molecule has 1 fully saturated rings. The number of aromatic nitrogens is 2. The van der Waals surface area contributed by atoms with E-state index in [1.54, 1.807) is 0 Å². The van der Waals surface area contributed by atoms with Crippen LogP contribution in [0.1, 0.15) is 61.0 Å². The zero-order chi connectivity index (χ0) is 15.8. The zero-order valence-corrected chi connectivity index (χ0v) is 14.3. The second-order valence-electron chi connectivity index (χ2n) is 7.15. The normalized spacial score (nSPS) is 23.0. The molecule has 23 heavy (non-hydrogen) atoms. The molecule has 1 aromatic heterocycles. The van der Waals surface area contributed by atoms with Gasteiger partial charge in [-0.05, 0) is 51.5 Å². The Morgan fingerprint density at radius 3 is 2.74 bits per heavy atom. The van der Waals surface area contributed by atoms with E-state index in [-0.39, 0.29) is 0 Å². The minimum Gasteiger partial charge on any atom is -0.328 e. The third-order valence-electron chi connectivity index (χ3n) is 5.74. The van der Waals surface area contributed by atoms with Crippen LogP contribution in [0.4, 0.5) is 0 Å². The van der Waals surface area contributed by atoms with Crippen molar-refractivity contribution in [1.82, 2.24) is 14.5 Å². The molecular formula is C20H27N3. The molecule has 2 aromatic rings. The van der Waals surface area contributed by atoms with Gasteiger partial charge in [0.1, 0.15) is 5.82 Å². The van der Waals surface area contributed by atoms with E-state index in [1.165, 1.54) is 61.4 Å². The number of fused-ring (bicyclic) bond motifs is 1. The molecule has 122 valence electrons. The predicted molar refractivity (Wildman–Crippen MR) is 93.7 cm³/mol. The number of aryl methyl sites for hydroxylation is 2. The molecule has 0 saturated carbocycles. The van der Waals surface area contributed by atoms with Crippen molar-refractivity contribution in [2.75, 3.05) is 13.1 Å². The third kappa shape index (κ3) is 2.72. The van der Waals surface area contributed by atoms with Gasteiger partial charge in [-0.3, -0.25) is 4.90 Å². The minimum atomic E-state index is 0.501. The van der Waals surface area contributed by atoms with Gasteiger partial charge in [0.25, 0.3) is 0 Å². The number of imidazole rings is 1. The van der Waals surface area contributed by atoms with Gasteiger partial charge in [0.05, 0.1) is 5.69 Å². The summed E-state index contributed by atoms with van der Waals surface area (Å²) in [6.07, 6.45) is 6.29. The average molecular weight is 309 g/mol. The van der Waals surface area contributed by atoms with Crippen molar-refractivity contribution in [2.24, 2.45) is 0 Å². The highest BCUT2D eigenvalue weighted by molar-refractivity contribution is 5.22. The van der Waals surface area contributed by atoms with Gasteiger partial charge in [-0.15, -0.1) is 0 Å². The van der Waals surface area contributed by atoms with Crippen LogP contribution in [0.2, 0.25) is 0 Å². The summed E-state index contributed by atoms with van der Waals surface area (Å²) in [6, 6.07) is 12.0. The maximum atomic E-state index is 4.87. The fourth-order valence-corrected chi connectivity index (χ4v) is 4.46. The number of hydrogen-bond donors (Lipinski definition) is 0. The Bertz CT molecular complexity index is 674. The van der Waals surface area contributed by atoms with Gasteiger partial charge in [0.2, 0.25) is 0 Å². The van der Waals surface area contributed by atoms with Crippen LogP contribution in [-0.2, 0) is 12.8 Å². The smallest absolute Gasteiger partial charge is 0.106 e. The van der Waals surface area contributed by atoms with Crippen molar-refractivity contribution in [3.63, 3.8) is 0 Å². The van der Waals surface area contributed by atoms with Crippen LogP contribution < -0.4 is 0 Å². The zero-order valence-electron chi connectivity index (χ0n) is 14.3. The summed E-state index contributed by atoms with van der Waals surface area (Å²) in [4.78, 5) is 7.50. The van der Waals surface area contributed by atoms with Gasteiger partial charge in [-0.2, -0.15) is 0 Å². The first-order valence-corrected chi connectivity index (χ1v) is 9.09. The molecule has 2 aliphatic rings. The van der Waals surface area contributed by atoms with E-state index in [4.69, 9.17) is 4.98 Å². The molecule has 2 atom stereocenters. The maximum Gasteiger partial charge on any atom is 0.106 e. The second kappa shape index (κ2) is 6.12. The number of benzene rings is 1. The largest absolute Gasteiger partial charge is 0.328 e. The van der Waals surface area contributed by atoms with Crippen LogP contribution in [0.5, 0.6) is 0 Å². The van der Waals surface area contributed by atoms with E-state index in [0.717, 1.165) is 6.54 Å². The summed E-state index contributed by atoms with van der Waals surface area (Å²) in [7, 11) is 0. The monoisotopic (exact) mass is 309 g/mol. The number of rotatable bonds is 3. The lowest BCUT2D eigenvalue weighted by atomic mass is 10.0. The van der Waals surface area contributed by atoms with E-state index in [2.05, 4.69) is 53.6 Å². The first-order chi connectivity index (χ1) is 11.2. The number of hydrogen-bond acceptors (Lipinski definition) is 2. The summed E-state index contributed by atoms with van der Waals surface area (Å²) in [6.45, 7) is 6.88. The highest BCUT2D eigenvalue weighted by atomic mass is 15.2. The van der Waals surface area contributed by atoms with Gasteiger partial charge >= 0.3 is 0 Å². The summed E-state index contributed by atoms with van der Waals surface area (Å²) >= 11 is 0. The molecule has 0 N–H and O–H groups in total. The Morgan fingerprint density at radius 1 is 1.13 bits per heavy atom. The molecule has 0 radical (unpaired) electrons. The molecular weight excluding hydrogens is 282 g/mol. The van der Waals surface area contributed by atoms with Crippen LogP contribution in [0.15, 0.2) is 30.3 Å². The molecule has 1 saturated heterocycles. The van der Waals surface area contributed by atoms with Crippen molar-refractivity contribution >= 4 is 0 Å². The molecule has 0 amide bonds. The van der Waals surface area contributed by atoms with E-state index in [0.29, 0.717) is 12.1 Å². The molecule has 3 nitrogen and oxygen atoms in total. The Labute approximate surface area is 139 Å². The van der Waals surface area contributed by atoms with Crippen LogP contribution in [-0.4, -0.2) is 27.5 Å². The molecule has 1 aliphatic carbocycles. The molecule has 4 rings (SSSR count). The summed E-state index contributed by atoms with van der Waals surface area (Å²) in [5.41, 5.74) is 4.34. The lowest BCUT2D eigenvalue weighted by Gasteiger charge is -2.26. The maximum absolute atomic E-state index is 4.87. The predicted octanol–water partition coefficient (Wildman–Crippen LogP) is 4.08.